The number of nitrogens with two attached hydrogens (primary N) is 1. The number of benzene rings is 1. The summed E-state index contributed by atoms with van der Waals surface area (Å²) in [7, 11) is -3.76. The van der Waals surface area contributed by atoms with Crippen LogP contribution in [0.2, 0.25) is 5.02 Å². The summed E-state index contributed by atoms with van der Waals surface area (Å²) in [6.45, 7) is 5.42. The minimum atomic E-state index is -3.76. The van der Waals surface area contributed by atoms with Gasteiger partial charge in [0.05, 0.1) is 19.0 Å². The lowest BCUT2D eigenvalue weighted by molar-refractivity contribution is -0.154. The Labute approximate surface area is 220 Å². The van der Waals surface area contributed by atoms with Crippen molar-refractivity contribution in [1.29, 1.82) is 0 Å². The van der Waals surface area contributed by atoms with Crippen molar-refractivity contribution in [2.24, 2.45) is 0 Å². The predicted octanol–water partition coefficient (Wildman–Crippen LogP) is 4.55. The summed E-state index contributed by atoms with van der Waals surface area (Å²) in [6, 6.07) is 6.46. The number of halogens is 1. The van der Waals surface area contributed by atoms with Gasteiger partial charge in [-0.3, -0.25) is 9.36 Å². The molecule has 0 bridgehead atoms. The molecule has 0 aliphatic heterocycles. The van der Waals surface area contributed by atoms with Crippen molar-refractivity contribution in [2.75, 3.05) is 12.1 Å². The molecular formula is C24H32ClN6O5P. The van der Waals surface area contributed by atoms with Gasteiger partial charge in [-0.15, -0.1) is 0 Å². The van der Waals surface area contributed by atoms with Crippen LogP contribution in [-0.2, 0) is 25.4 Å². The number of fused-ring (bicyclic) bond motifs is 1. The topological polar surface area (TPSA) is 143 Å². The van der Waals surface area contributed by atoms with Gasteiger partial charge in [-0.25, -0.2) is 20.0 Å². The van der Waals surface area contributed by atoms with Gasteiger partial charge in [0.15, 0.2) is 11.5 Å². The van der Waals surface area contributed by atoms with Gasteiger partial charge >= 0.3 is 13.5 Å². The number of nitrogen functional groups attached to an aromatic ring is 1. The van der Waals surface area contributed by atoms with E-state index in [-0.39, 0.29) is 18.3 Å². The molecule has 3 aromatic rings. The molecule has 2 atom stereocenters. The number of hydrogen-bond acceptors (Lipinski definition) is 9. The molecule has 3 N–H and O–H groups in total. The SMILES string of the molecule is C[C@H](Cn1cnc2c(N)ncnc21)OCP(=O)(NC(C)(C)C(=O)OC1CCCC1)Oc1ccc(Cl)cc1. The Hall–Kier alpha value is -2.72. The van der Waals surface area contributed by atoms with Crippen molar-refractivity contribution >= 4 is 42.1 Å². The van der Waals surface area contributed by atoms with Gasteiger partial charge in [0.2, 0.25) is 0 Å². The number of anilines is 1. The van der Waals surface area contributed by atoms with Crippen LogP contribution in [0.4, 0.5) is 5.82 Å². The second kappa shape index (κ2) is 11.3. The minimum absolute atomic E-state index is 0.121. The van der Waals surface area contributed by atoms with Crippen LogP contribution < -0.4 is 15.3 Å². The highest BCUT2D eigenvalue weighted by Gasteiger charge is 2.40. The van der Waals surface area contributed by atoms with Crippen LogP contribution in [0.3, 0.4) is 0 Å². The van der Waals surface area contributed by atoms with E-state index >= 15 is 0 Å². The number of hydrogen-bond donors (Lipinski definition) is 2. The molecule has 11 nitrogen and oxygen atoms in total. The maximum atomic E-state index is 14.0. The molecule has 2 heterocycles. The summed E-state index contributed by atoms with van der Waals surface area (Å²) >= 11 is 5.98. The van der Waals surface area contributed by atoms with Crippen molar-refractivity contribution in [3.05, 3.63) is 41.9 Å². The number of carbonyl (C=O) groups excluding carboxylic acids is 1. The highest BCUT2D eigenvalue weighted by atomic mass is 35.5. The Morgan fingerprint density at radius 2 is 1.95 bits per heavy atom. The van der Waals surface area contributed by atoms with E-state index in [0.29, 0.717) is 28.5 Å². The van der Waals surface area contributed by atoms with Gasteiger partial charge < -0.3 is 24.3 Å². The quantitative estimate of drug-likeness (QED) is 0.258. The first kappa shape index (κ1) is 27.3. The Kier molecular flexibility index (Phi) is 8.38. The third-order valence-electron chi connectivity index (χ3n) is 6.01. The third kappa shape index (κ3) is 6.98. The fourth-order valence-corrected chi connectivity index (χ4v) is 6.26. The largest absolute Gasteiger partial charge is 0.461 e. The van der Waals surface area contributed by atoms with E-state index in [9.17, 15) is 9.36 Å². The lowest BCUT2D eigenvalue weighted by Gasteiger charge is -2.31. The van der Waals surface area contributed by atoms with Crippen LogP contribution in [0.1, 0.15) is 46.5 Å². The maximum absolute atomic E-state index is 14.0. The normalized spacial score (nSPS) is 17.0. The van der Waals surface area contributed by atoms with E-state index in [1.807, 2.05) is 6.92 Å². The highest BCUT2D eigenvalue weighted by Crippen LogP contribution is 2.46. The number of nitrogens with one attached hydrogen (secondary N) is 1. The van der Waals surface area contributed by atoms with Gasteiger partial charge in [-0.05, 0) is 70.7 Å². The molecule has 1 aromatic carbocycles. The zero-order chi connectivity index (χ0) is 26.6. The average Bonchev–Trinajstić information content (AvgIpc) is 3.50. The first-order valence-electron chi connectivity index (χ1n) is 12.1. The second-order valence-corrected chi connectivity index (χ2v) is 12.1. The molecule has 1 saturated carbocycles. The Morgan fingerprint density at radius 3 is 2.65 bits per heavy atom. The number of imidazole rings is 1. The molecular weight excluding hydrogens is 519 g/mol. The third-order valence-corrected chi connectivity index (χ3v) is 8.16. The van der Waals surface area contributed by atoms with Crippen molar-refractivity contribution in [2.45, 2.75) is 70.7 Å². The Morgan fingerprint density at radius 1 is 1.24 bits per heavy atom. The van der Waals surface area contributed by atoms with E-state index in [4.69, 9.17) is 31.3 Å². The molecule has 0 radical (unpaired) electrons. The molecule has 37 heavy (non-hydrogen) atoms. The molecule has 0 saturated heterocycles. The smallest absolute Gasteiger partial charge is 0.342 e. The highest BCUT2D eigenvalue weighted by molar-refractivity contribution is 7.57. The molecule has 0 spiro atoms. The standard InChI is InChI=1S/C24H32ClN6O5P/c1-16(12-31-14-29-20-21(26)27-13-28-22(20)31)34-15-37(33,36-19-10-8-17(25)9-11-19)30-24(2,3)23(32)35-18-6-4-5-7-18/h8-11,13-14,16,18H,4-7,12,15H2,1-3H3,(H,30,33)(H2,26,27,28)/t16-,37?/m1/s1. The number of rotatable bonds is 11. The first-order valence-corrected chi connectivity index (χ1v) is 14.3. The van der Waals surface area contributed by atoms with Crippen LogP contribution in [0, 0.1) is 0 Å². The maximum Gasteiger partial charge on any atom is 0.342 e. The number of esters is 1. The summed E-state index contributed by atoms with van der Waals surface area (Å²) in [5.41, 5.74) is 5.64. The number of carbonyl (C=O) groups is 1. The number of ether oxygens (including phenoxy) is 2. The van der Waals surface area contributed by atoms with Gasteiger partial charge in [0.1, 0.15) is 35.6 Å². The number of nitrogens with zero attached hydrogens (tertiary/aromatic N) is 4. The molecule has 200 valence electrons. The van der Waals surface area contributed by atoms with E-state index in [1.165, 1.54) is 6.33 Å². The van der Waals surface area contributed by atoms with Crippen LogP contribution in [0.25, 0.3) is 11.2 Å². The molecule has 1 unspecified atom stereocenters. The summed E-state index contributed by atoms with van der Waals surface area (Å²) in [5, 5.41) is 3.41. The van der Waals surface area contributed by atoms with Gasteiger partial charge in [0.25, 0.3) is 0 Å². The molecule has 1 aliphatic carbocycles. The van der Waals surface area contributed by atoms with Crippen LogP contribution >= 0.6 is 19.1 Å². The van der Waals surface area contributed by atoms with Crippen molar-refractivity contribution in [3.63, 3.8) is 0 Å². The van der Waals surface area contributed by atoms with E-state index in [0.717, 1.165) is 25.7 Å². The zero-order valence-corrected chi connectivity index (χ0v) is 22.7. The number of aromatic nitrogens is 4. The lowest BCUT2D eigenvalue weighted by atomic mass is 10.1. The van der Waals surface area contributed by atoms with Crippen LogP contribution in [0.15, 0.2) is 36.9 Å². The fourth-order valence-electron chi connectivity index (χ4n) is 4.11. The van der Waals surface area contributed by atoms with Gasteiger partial charge in [-0.1, -0.05) is 11.6 Å². The Bertz CT molecular complexity index is 1280. The minimum Gasteiger partial charge on any atom is -0.461 e. The second-order valence-electron chi connectivity index (χ2n) is 9.70. The fraction of sp³-hybridized carbons (Fsp3) is 0.500. The molecule has 13 heteroatoms. The molecule has 0 amide bonds. The van der Waals surface area contributed by atoms with Crippen LogP contribution in [-0.4, -0.2) is 49.6 Å². The van der Waals surface area contributed by atoms with Gasteiger partial charge in [-0.2, -0.15) is 0 Å². The lowest BCUT2D eigenvalue weighted by Crippen LogP contribution is -2.48. The monoisotopic (exact) mass is 550 g/mol. The zero-order valence-electron chi connectivity index (χ0n) is 21.1. The molecule has 1 fully saturated rings. The van der Waals surface area contributed by atoms with Crippen molar-refractivity contribution in [3.8, 4) is 5.75 Å². The van der Waals surface area contributed by atoms with Gasteiger partial charge in [0, 0.05) is 5.02 Å². The van der Waals surface area contributed by atoms with E-state index in [1.54, 1.807) is 49.0 Å². The molecule has 2 aromatic heterocycles. The summed E-state index contributed by atoms with van der Waals surface area (Å²) in [4.78, 5) is 25.4. The van der Waals surface area contributed by atoms with E-state index in [2.05, 4.69) is 20.0 Å². The molecule has 1 aliphatic rings. The van der Waals surface area contributed by atoms with Crippen molar-refractivity contribution < 1.29 is 23.4 Å². The molecule has 4 rings (SSSR count). The predicted molar refractivity (Wildman–Crippen MR) is 140 cm³/mol. The van der Waals surface area contributed by atoms with Crippen molar-refractivity contribution in [1.82, 2.24) is 24.6 Å². The summed E-state index contributed by atoms with van der Waals surface area (Å²) < 4.78 is 33.3. The first-order chi connectivity index (χ1) is 17.5. The summed E-state index contributed by atoms with van der Waals surface area (Å²) in [6.07, 6.45) is 5.85. The summed E-state index contributed by atoms with van der Waals surface area (Å²) in [5.74, 6) is 0.118. The Balaban J connectivity index is 1.47. The van der Waals surface area contributed by atoms with Crippen LogP contribution in [0.5, 0.6) is 5.75 Å². The van der Waals surface area contributed by atoms with E-state index < -0.39 is 25.1 Å². The average molecular weight is 551 g/mol.